The molecule has 0 spiro atoms. The van der Waals surface area contributed by atoms with Crippen molar-refractivity contribution in [3.63, 3.8) is 0 Å². The third kappa shape index (κ3) is 2.63. The highest BCUT2D eigenvalue weighted by atomic mass is 16.7. The van der Waals surface area contributed by atoms with Gasteiger partial charge in [-0.15, -0.1) is 0 Å². The molecule has 0 aromatic rings. The summed E-state index contributed by atoms with van der Waals surface area (Å²) < 4.78 is 5.52. The Morgan fingerprint density at radius 3 is 2.70 bits per heavy atom. The predicted molar refractivity (Wildman–Crippen MR) is 75.6 cm³/mol. The van der Waals surface area contributed by atoms with Gasteiger partial charge in [-0.25, -0.2) is 10.1 Å². The lowest BCUT2D eigenvalue weighted by Gasteiger charge is -2.36. The van der Waals surface area contributed by atoms with Crippen LogP contribution < -0.4 is 0 Å². The van der Waals surface area contributed by atoms with Gasteiger partial charge in [0.25, 0.3) is 5.96 Å². The summed E-state index contributed by atoms with van der Waals surface area (Å²) >= 11 is 0. The van der Waals surface area contributed by atoms with Gasteiger partial charge in [-0.1, -0.05) is 13.0 Å². The molecule has 7 nitrogen and oxygen atoms in total. The fourth-order valence-corrected chi connectivity index (χ4v) is 3.03. The number of hydrogen-bond donors (Lipinski definition) is 0. The minimum absolute atomic E-state index is 0.124. The van der Waals surface area contributed by atoms with Crippen LogP contribution in [-0.4, -0.2) is 52.1 Å². The Bertz CT molecular complexity index is 447. The van der Waals surface area contributed by atoms with Crippen LogP contribution in [0.4, 0.5) is 0 Å². The van der Waals surface area contributed by atoms with Gasteiger partial charge in [0.1, 0.15) is 5.10 Å². The van der Waals surface area contributed by atoms with Crippen molar-refractivity contribution in [2.24, 2.45) is 11.0 Å². The Kier molecular flexibility index (Phi) is 3.99. The molecule has 20 heavy (non-hydrogen) atoms. The first kappa shape index (κ1) is 14.8. The average Bonchev–Trinajstić information content (AvgIpc) is 2.82. The Hall–Kier alpha value is -1.63. The Labute approximate surface area is 119 Å². The van der Waals surface area contributed by atoms with E-state index < -0.39 is 5.03 Å². The van der Waals surface area contributed by atoms with E-state index >= 15 is 0 Å². The number of allylic oxidation sites excluding steroid dienone is 1. The van der Waals surface area contributed by atoms with Gasteiger partial charge in [-0.05, 0) is 20.8 Å². The number of hydrazone groups is 1. The average molecular weight is 282 g/mol. The second kappa shape index (κ2) is 5.40. The lowest BCUT2D eigenvalue weighted by atomic mass is 9.98. The fourth-order valence-electron chi connectivity index (χ4n) is 3.03. The smallest absolute Gasteiger partial charge is 0.278 e. The maximum atomic E-state index is 10.9. The summed E-state index contributed by atoms with van der Waals surface area (Å²) in [7, 11) is 0. The van der Waals surface area contributed by atoms with E-state index in [1.54, 1.807) is 0 Å². The number of guanidine groups is 1. The van der Waals surface area contributed by atoms with Crippen LogP contribution in [0.5, 0.6) is 0 Å². The zero-order valence-corrected chi connectivity index (χ0v) is 12.4. The van der Waals surface area contributed by atoms with E-state index in [2.05, 4.69) is 25.9 Å². The predicted octanol–water partition coefficient (Wildman–Crippen LogP) is 1.50. The van der Waals surface area contributed by atoms with Gasteiger partial charge in [0, 0.05) is 18.7 Å². The number of nitro groups is 1. The van der Waals surface area contributed by atoms with E-state index in [1.807, 2.05) is 29.0 Å². The van der Waals surface area contributed by atoms with E-state index in [0.29, 0.717) is 31.6 Å². The molecule has 0 amide bonds. The molecule has 0 aromatic carbocycles. The summed E-state index contributed by atoms with van der Waals surface area (Å²) in [5.41, 5.74) is -0.221. The molecule has 0 aromatic heterocycles. The van der Waals surface area contributed by atoms with Crippen LogP contribution in [0.1, 0.15) is 27.7 Å². The number of ether oxygens (including phenoxy) is 1. The van der Waals surface area contributed by atoms with Crippen molar-refractivity contribution in [2.75, 3.05) is 19.8 Å². The number of nitrogens with zero attached hydrogens (tertiary/aromatic N) is 4. The first-order valence-electron chi connectivity index (χ1n) is 6.86. The minimum atomic E-state index is -0.624. The number of hydrogen-bond acceptors (Lipinski definition) is 3. The summed E-state index contributed by atoms with van der Waals surface area (Å²) in [5, 5.41) is 13.9. The summed E-state index contributed by atoms with van der Waals surface area (Å²) in [6.07, 6.45) is 3.70. The maximum Gasteiger partial charge on any atom is 0.278 e. The van der Waals surface area contributed by atoms with Crippen LogP contribution in [0.25, 0.3) is 0 Å². The molecule has 2 heterocycles. The van der Waals surface area contributed by atoms with Crippen molar-refractivity contribution in [1.82, 2.24) is 9.80 Å². The summed E-state index contributed by atoms with van der Waals surface area (Å²) in [4.78, 5) is 14.8. The molecule has 2 atom stereocenters. The molecule has 0 radical (unpaired) electrons. The zero-order chi connectivity index (χ0) is 14.9. The molecule has 112 valence electrons. The molecule has 0 aliphatic carbocycles. The summed E-state index contributed by atoms with van der Waals surface area (Å²) in [5.74, 6) is 0.734. The fraction of sp³-hybridized carbons (Fsp3) is 0.769. The van der Waals surface area contributed by atoms with Gasteiger partial charge < -0.3 is 14.5 Å². The van der Waals surface area contributed by atoms with E-state index in [-0.39, 0.29) is 11.6 Å². The Morgan fingerprint density at radius 2 is 2.20 bits per heavy atom. The third-order valence-corrected chi connectivity index (χ3v) is 3.84. The third-order valence-electron chi connectivity index (χ3n) is 3.84. The van der Waals surface area contributed by atoms with Gasteiger partial charge >= 0.3 is 0 Å². The maximum absolute atomic E-state index is 10.9. The van der Waals surface area contributed by atoms with Crippen molar-refractivity contribution in [3.8, 4) is 0 Å². The van der Waals surface area contributed by atoms with Crippen LogP contribution in [0.2, 0.25) is 0 Å². The molecule has 2 saturated heterocycles. The standard InChI is InChI=1S/C13H22N4O3/c1-5-6-15-9-13(3,4)16(12(15)14-17(18)19)11-8-20-7-10(11)2/h5-6,10-11H,7-9H2,1-4H3. The van der Waals surface area contributed by atoms with Crippen LogP contribution in [0.3, 0.4) is 0 Å². The normalized spacial score (nSPS) is 31.7. The molecule has 0 bridgehead atoms. The molecule has 2 fully saturated rings. The lowest BCUT2D eigenvalue weighted by Crippen LogP contribution is -2.51. The van der Waals surface area contributed by atoms with Crippen molar-refractivity contribution < 1.29 is 9.77 Å². The van der Waals surface area contributed by atoms with E-state index in [0.717, 1.165) is 0 Å². The van der Waals surface area contributed by atoms with E-state index in [1.165, 1.54) is 0 Å². The molecular formula is C13H22N4O3. The SMILES string of the molecule is CC=CN1CC(C)(C)N(C2COCC2C)C1=N[N+](=O)[O-]. The molecule has 2 aliphatic heterocycles. The van der Waals surface area contributed by atoms with Crippen LogP contribution in [-0.2, 0) is 4.74 Å². The second-order valence-corrected chi connectivity index (χ2v) is 6.01. The van der Waals surface area contributed by atoms with Crippen LogP contribution >= 0.6 is 0 Å². The number of rotatable bonds is 3. The molecule has 7 heteroatoms. The highest BCUT2D eigenvalue weighted by molar-refractivity contribution is 5.84. The topological polar surface area (TPSA) is 71.2 Å². The van der Waals surface area contributed by atoms with Crippen LogP contribution in [0.15, 0.2) is 17.4 Å². The highest BCUT2D eigenvalue weighted by Crippen LogP contribution is 2.33. The van der Waals surface area contributed by atoms with Crippen molar-refractivity contribution >= 4 is 5.96 Å². The summed E-state index contributed by atoms with van der Waals surface area (Å²) in [6, 6.07) is 0.124. The summed E-state index contributed by atoms with van der Waals surface area (Å²) in [6.45, 7) is 10.1. The molecular weight excluding hydrogens is 260 g/mol. The van der Waals surface area contributed by atoms with Gasteiger partial charge in [0.05, 0.1) is 24.8 Å². The monoisotopic (exact) mass is 282 g/mol. The van der Waals surface area contributed by atoms with E-state index in [4.69, 9.17) is 4.74 Å². The first-order valence-corrected chi connectivity index (χ1v) is 6.86. The van der Waals surface area contributed by atoms with Gasteiger partial charge in [0.2, 0.25) is 0 Å². The highest BCUT2D eigenvalue weighted by Gasteiger charge is 2.48. The Balaban J connectivity index is 2.40. The molecule has 0 saturated carbocycles. The first-order chi connectivity index (χ1) is 9.36. The van der Waals surface area contributed by atoms with Gasteiger partial charge in [-0.3, -0.25) is 0 Å². The van der Waals surface area contributed by atoms with Gasteiger partial charge in [0.15, 0.2) is 5.03 Å². The molecule has 2 unspecified atom stereocenters. The zero-order valence-electron chi connectivity index (χ0n) is 12.4. The van der Waals surface area contributed by atoms with Crippen molar-refractivity contribution in [3.05, 3.63) is 22.4 Å². The van der Waals surface area contributed by atoms with Crippen LogP contribution in [0, 0.1) is 16.0 Å². The van der Waals surface area contributed by atoms with E-state index in [9.17, 15) is 10.1 Å². The quantitative estimate of drug-likeness (QED) is 0.579. The Morgan fingerprint density at radius 1 is 1.50 bits per heavy atom. The van der Waals surface area contributed by atoms with Gasteiger partial charge in [-0.2, -0.15) is 0 Å². The second-order valence-electron chi connectivity index (χ2n) is 6.01. The lowest BCUT2D eigenvalue weighted by molar-refractivity contribution is -0.486. The molecule has 0 N–H and O–H groups in total. The molecule has 2 rings (SSSR count). The van der Waals surface area contributed by atoms with Crippen molar-refractivity contribution in [1.29, 1.82) is 0 Å². The largest absolute Gasteiger partial charge is 0.379 e. The minimum Gasteiger partial charge on any atom is -0.379 e. The molecule has 2 aliphatic rings. The van der Waals surface area contributed by atoms with Crippen molar-refractivity contribution in [2.45, 2.75) is 39.3 Å².